The SMILES string of the molecule is c1ccc(/N=N/n2ccnc2)cc1. The molecule has 64 valence electrons. The first-order valence-electron chi connectivity index (χ1n) is 3.90. The molecule has 2 rings (SSSR count). The molecule has 2 aromatic rings. The lowest BCUT2D eigenvalue weighted by molar-refractivity contribution is 0.802. The molecule has 0 unspecified atom stereocenters. The van der Waals surface area contributed by atoms with E-state index < -0.39 is 0 Å². The molecule has 0 N–H and O–H groups in total. The molecule has 0 atom stereocenters. The van der Waals surface area contributed by atoms with Crippen LogP contribution in [0.2, 0.25) is 0 Å². The third-order valence-corrected chi connectivity index (χ3v) is 1.51. The smallest absolute Gasteiger partial charge is 0.118 e. The first-order valence-corrected chi connectivity index (χ1v) is 3.90. The maximum Gasteiger partial charge on any atom is 0.118 e. The molecule has 1 aromatic heterocycles. The predicted molar refractivity (Wildman–Crippen MR) is 48.6 cm³/mol. The van der Waals surface area contributed by atoms with Crippen LogP contribution in [-0.2, 0) is 0 Å². The Hall–Kier alpha value is -1.97. The number of aromatic nitrogens is 2. The average molecular weight is 172 g/mol. The summed E-state index contributed by atoms with van der Waals surface area (Å²) in [5.74, 6) is 0. The van der Waals surface area contributed by atoms with Crippen molar-refractivity contribution in [2.45, 2.75) is 0 Å². The van der Waals surface area contributed by atoms with E-state index >= 15 is 0 Å². The van der Waals surface area contributed by atoms with Gasteiger partial charge in [-0.3, -0.25) is 0 Å². The molecule has 0 aliphatic rings. The topological polar surface area (TPSA) is 42.5 Å². The van der Waals surface area contributed by atoms with E-state index in [-0.39, 0.29) is 0 Å². The summed E-state index contributed by atoms with van der Waals surface area (Å²) < 4.78 is 1.55. The van der Waals surface area contributed by atoms with Crippen molar-refractivity contribution in [2.24, 2.45) is 10.3 Å². The Kier molecular flexibility index (Phi) is 2.14. The summed E-state index contributed by atoms with van der Waals surface area (Å²) in [6, 6.07) is 9.56. The fourth-order valence-electron chi connectivity index (χ4n) is 0.903. The van der Waals surface area contributed by atoms with Gasteiger partial charge in [0.15, 0.2) is 0 Å². The Morgan fingerprint density at radius 1 is 1.15 bits per heavy atom. The molecule has 0 spiro atoms. The maximum absolute atomic E-state index is 4.00. The largest absolute Gasteiger partial charge is 0.243 e. The summed E-state index contributed by atoms with van der Waals surface area (Å²) in [7, 11) is 0. The third kappa shape index (κ3) is 1.99. The lowest BCUT2D eigenvalue weighted by Gasteiger charge is -1.89. The van der Waals surface area contributed by atoms with Crippen LogP contribution < -0.4 is 0 Å². The summed E-state index contributed by atoms with van der Waals surface area (Å²) in [6.07, 6.45) is 4.98. The van der Waals surface area contributed by atoms with Gasteiger partial charge < -0.3 is 0 Å². The predicted octanol–water partition coefficient (Wildman–Crippen LogP) is 2.43. The summed E-state index contributed by atoms with van der Waals surface area (Å²) in [4.78, 5) is 3.84. The van der Waals surface area contributed by atoms with Gasteiger partial charge in [-0.2, -0.15) is 0 Å². The highest BCUT2D eigenvalue weighted by Crippen LogP contribution is 2.09. The molecule has 4 nitrogen and oxygen atoms in total. The van der Waals surface area contributed by atoms with E-state index in [2.05, 4.69) is 15.3 Å². The van der Waals surface area contributed by atoms with E-state index in [1.807, 2.05) is 30.3 Å². The number of hydrogen-bond acceptors (Lipinski definition) is 3. The van der Waals surface area contributed by atoms with Crippen molar-refractivity contribution in [3.8, 4) is 0 Å². The van der Waals surface area contributed by atoms with Crippen molar-refractivity contribution in [1.82, 2.24) is 9.66 Å². The van der Waals surface area contributed by atoms with Gasteiger partial charge in [-0.1, -0.05) is 23.4 Å². The molecular formula is C9H8N4. The fraction of sp³-hybridized carbons (Fsp3) is 0. The molecule has 13 heavy (non-hydrogen) atoms. The Bertz CT molecular complexity index is 377. The molecular weight excluding hydrogens is 164 g/mol. The normalized spacial score (nSPS) is 10.8. The molecule has 0 bridgehead atoms. The van der Waals surface area contributed by atoms with E-state index in [0.717, 1.165) is 5.69 Å². The zero-order valence-electron chi connectivity index (χ0n) is 6.91. The lowest BCUT2D eigenvalue weighted by atomic mass is 10.3. The monoisotopic (exact) mass is 172 g/mol. The van der Waals surface area contributed by atoms with Gasteiger partial charge in [0.1, 0.15) is 6.33 Å². The Balaban J connectivity index is 2.15. The second kappa shape index (κ2) is 3.62. The van der Waals surface area contributed by atoms with E-state index in [1.165, 1.54) is 0 Å². The van der Waals surface area contributed by atoms with Gasteiger partial charge in [-0.05, 0) is 12.1 Å². The molecule has 4 heteroatoms. The van der Waals surface area contributed by atoms with Gasteiger partial charge in [0.25, 0.3) is 0 Å². The zero-order valence-corrected chi connectivity index (χ0v) is 6.91. The summed E-state index contributed by atoms with van der Waals surface area (Å²) in [5, 5.41) is 7.91. The average Bonchev–Trinajstić information content (AvgIpc) is 2.69. The van der Waals surface area contributed by atoms with Crippen LogP contribution in [0.5, 0.6) is 0 Å². The van der Waals surface area contributed by atoms with Gasteiger partial charge >= 0.3 is 0 Å². The maximum atomic E-state index is 4.00. The van der Waals surface area contributed by atoms with E-state index in [4.69, 9.17) is 0 Å². The van der Waals surface area contributed by atoms with Crippen molar-refractivity contribution in [2.75, 3.05) is 0 Å². The van der Waals surface area contributed by atoms with Gasteiger partial charge in [0, 0.05) is 6.20 Å². The summed E-state index contributed by atoms with van der Waals surface area (Å²) in [6.45, 7) is 0. The minimum atomic E-state index is 0.830. The fourth-order valence-corrected chi connectivity index (χ4v) is 0.903. The molecule has 0 amide bonds. The number of nitrogens with zero attached hydrogens (tertiary/aromatic N) is 4. The summed E-state index contributed by atoms with van der Waals surface area (Å²) in [5.41, 5.74) is 0.830. The van der Waals surface area contributed by atoms with E-state index in [1.54, 1.807) is 23.4 Å². The standard InChI is InChI=1S/C9H8N4/c1-2-4-9(5-3-1)11-12-13-7-6-10-8-13/h1-8H/b12-11+. The zero-order chi connectivity index (χ0) is 8.93. The molecule has 1 aromatic carbocycles. The van der Waals surface area contributed by atoms with Gasteiger partial charge in [-0.15, -0.1) is 5.11 Å². The van der Waals surface area contributed by atoms with Crippen LogP contribution in [0.25, 0.3) is 0 Å². The number of imidazole rings is 1. The van der Waals surface area contributed by atoms with Crippen LogP contribution in [0.4, 0.5) is 5.69 Å². The van der Waals surface area contributed by atoms with Gasteiger partial charge in [0.05, 0.1) is 11.9 Å². The Labute approximate surface area is 75.5 Å². The Morgan fingerprint density at radius 3 is 2.69 bits per heavy atom. The van der Waals surface area contributed by atoms with Crippen LogP contribution in [0.1, 0.15) is 0 Å². The molecule has 0 radical (unpaired) electrons. The van der Waals surface area contributed by atoms with Crippen LogP contribution in [0, 0.1) is 0 Å². The highest BCUT2D eigenvalue weighted by molar-refractivity contribution is 5.34. The minimum Gasteiger partial charge on any atom is -0.243 e. The van der Waals surface area contributed by atoms with Gasteiger partial charge in [0.2, 0.25) is 0 Å². The molecule has 0 aliphatic heterocycles. The van der Waals surface area contributed by atoms with Gasteiger partial charge in [-0.25, -0.2) is 9.66 Å². The number of rotatable bonds is 2. The van der Waals surface area contributed by atoms with Crippen molar-refractivity contribution in [1.29, 1.82) is 0 Å². The van der Waals surface area contributed by atoms with Crippen molar-refractivity contribution in [3.05, 3.63) is 49.1 Å². The first-order chi connectivity index (χ1) is 6.45. The quantitative estimate of drug-likeness (QED) is 0.641. The minimum absolute atomic E-state index is 0.830. The van der Waals surface area contributed by atoms with Crippen molar-refractivity contribution >= 4 is 5.69 Å². The molecule has 0 fully saturated rings. The second-order valence-electron chi connectivity index (χ2n) is 2.47. The van der Waals surface area contributed by atoms with Crippen LogP contribution in [0.3, 0.4) is 0 Å². The molecule has 0 saturated heterocycles. The first kappa shape index (κ1) is 7.67. The Morgan fingerprint density at radius 2 is 2.00 bits per heavy atom. The third-order valence-electron chi connectivity index (χ3n) is 1.51. The second-order valence-corrected chi connectivity index (χ2v) is 2.47. The lowest BCUT2D eigenvalue weighted by Crippen LogP contribution is -1.78. The molecule has 1 heterocycles. The van der Waals surface area contributed by atoms with E-state index in [0.29, 0.717) is 0 Å². The van der Waals surface area contributed by atoms with E-state index in [9.17, 15) is 0 Å². The van der Waals surface area contributed by atoms with Crippen molar-refractivity contribution in [3.63, 3.8) is 0 Å². The number of benzene rings is 1. The summed E-state index contributed by atoms with van der Waals surface area (Å²) >= 11 is 0. The van der Waals surface area contributed by atoms with Crippen molar-refractivity contribution < 1.29 is 0 Å². The molecule has 0 saturated carbocycles. The van der Waals surface area contributed by atoms with Crippen LogP contribution in [0.15, 0.2) is 59.4 Å². The molecule has 0 aliphatic carbocycles. The van der Waals surface area contributed by atoms with Crippen LogP contribution >= 0.6 is 0 Å². The highest BCUT2D eigenvalue weighted by atomic mass is 15.5. The van der Waals surface area contributed by atoms with Crippen LogP contribution in [-0.4, -0.2) is 9.66 Å². The number of hydrogen-bond donors (Lipinski definition) is 0. The highest BCUT2D eigenvalue weighted by Gasteiger charge is 1.85.